The highest BCUT2D eigenvalue weighted by molar-refractivity contribution is 5.71. The van der Waals surface area contributed by atoms with Crippen LogP contribution in [0.15, 0.2) is 12.2 Å². The summed E-state index contributed by atoms with van der Waals surface area (Å²) < 4.78 is 0. The van der Waals surface area contributed by atoms with Crippen LogP contribution >= 0.6 is 0 Å². The maximum absolute atomic E-state index is 11.3. The predicted octanol–water partition coefficient (Wildman–Crippen LogP) is 1.92. The Hall–Kier alpha value is -0.830. The maximum Gasteiger partial charge on any atom is 0.307 e. The lowest BCUT2D eigenvalue weighted by Crippen LogP contribution is -2.39. The molecule has 0 heterocycles. The van der Waals surface area contributed by atoms with Crippen molar-refractivity contribution in [1.29, 1.82) is 0 Å². The van der Waals surface area contributed by atoms with E-state index in [-0.39, 0.29) is 24.4 Å². The van der Waals surface area contributed by atoms with Gasteiger partial charge in [0.15, 0.2) is 0 Å². The summed E-state index contributed by atoms with van der Waals surface area (Å²) in [5.74, 6) is 0.269. The normalized spacial score (nSPS) is 42.8. The molecule has 2 aliphatic rings. The number of carboxylic acids is 1. The van der Waals surface area contributed by atoms with Crippen molar-refractivity contribution >= 4 is 5.97 Å². The first kappa shape index (κ1) is 11.6. The number of aliphatic carboxylic acids is 1. The Balaban J connectivity index is 2.15. The highest BCUT2D eigenvalue weighted by atomic mass is 16.4. The second-order valence-electron chi connectivity index (χ2n) is 5.30. The van der Waals surface area contributed by atoms with Crippen LogP contribution in [0.25, 0.3) is 0 Å². The third-order valence-electron chi connectivity index (χ3n) is 4.30. The van der Waals surface area contributed by atoms with Gasteiger partial charge in [0.1, 0.15) is 0 Å². The van der Waals surface area contributed by atoms with Crippen molar-refractivity contribution in [2.45, 2.75) is 26.2 Å². The van der Waals surface area contributed by atoms with Crippen LogP contribution < -0.4 is 0 Å². The Kier molecular flexibility index (Phi) is 3.33. The Morgan fingerprint density at radius 1 is 1.38 bits per heavy atom. The standard InChI is InChI=1S/C13H20O3/c1-8-2-4-10-6-9(7-14)3-5-11(10)12(8)13(15)16/h2,4,8-12,14H,3,5-7H2,1H3,(H,15,16)/t8?,9?,10-,11?,12?/m1/s1. The zero-order valence-electron chi connectivity index (χ0n) is 9.67. The first-order valence-electron chi connectivity index (χ1n) is 6.15. The van der Waals surface area contributed by atoms with Crippen LogP contribution in [0.3, 0.4) is 0 Å². The molecule has 0 radical (unpaired) electrons. The van der Waals surface area contributed by atoms with Crippen LogP contribution in [0.4, 0.5) is 0 Å². The number of carbonyl (C=O) groups is 1. The van der Waals surface area contributed by atoms with Crippen LogP contribution in [0.5, 0.6) is 0 Å². The molecule has 1 fully saturated rings. The second-order valence-corrected chi connectivity index (χ2v) is 5.30. The smallest absolute Gasteiger partial charge is 0.307 e. The third kappa shape index (κ3) is 2.01. The van der Waals surface area contributed by atoms with Gasteiger partial charge in [0.05, 0.1) is 5.92 Å². The van der Waals surface area contributed by atoms with Gasteiger partial charge in [0.2, 0.25) is 0 Å². The van der Waals surface area contributed by atoms with E-state index in [9.17, 15) is 9.90 Å². The number of carboxylic acid groups (broad SMARTS) is 1. The monoisotopic (exact) mass is 224 g/mol. The molecule has 2 rings (SSSR count). The van der Waals surface area contributed by atoms with Gasteiger partial charge in [0, 0.05) is 6.61 Å². The second kappa shape index (κ2) is 4.58. The topological polar surface area (TPSA) is 57.5 Å². The van der Waals surface area contributed by atoms with E-state index in [0.717, 1.165) is 19.3 Å². The Morgan fingerprint density at radius 3 is 2.75 bits per heavy atom. The molecule has 2 N–H and O–H groups in total. The molecule has 5 atom stereocenters. The lowest BCUT2D eigenvalue weighted by molar-refractivity contribution is -0.147. The molecule has 0 bridgehead atoms. The van der Waals surface area contributed by atoms with E-state index in [1.165, 1.54) is 0 Å². The molecule has 3 heteroatoms. The minimum absolute atomic E-state index is 0.143. The summed E-state index contributed by atoms with van der Waals surface area (Å²) in [5.41, 5.74) is 0. The van der Waals surface area contributed by atoms with E-state index in [4.69, 9.17) is 5.11 Å². The van der Waals surface area contributed by atoms with Crippen molar-refractivity contribution < 1.29 is 15.0 Å². The maximum atomic E-state index is 11.3. The Morgan fingerprint density at radius 2 is 2.12 bits per heavy atom. The summed E-state index contributed by atoms with van der Waals surface area (Å²) >= 11 is 0. The van der Waals surface area contributed by atoms with Gasteiger partial charge in [-0.1, -0.05) is 19.1 Å². The Labute approximate surface area is 96.2 Å². The predicted molar refractivity (Wildman–Crippen MR) is 60.8 cm³/mol. The molecule has 0 spiro atoms. The van der Waals surface area contributed by atoms with Gasteiger partial charge in [-0.2, -0.15) is 0 Å². The molecule has 0 aromatic heterocycles. The minimum atomic E-state index is -0.658. The SMILES string of the molecule is CC1C=C[C@@H]2CC(CO)CCC2C1C(=O)O. The quantitative estimate of drug-likeness (QED) is 0.704. The number of aliphatic hydroxyl groups is 1. The molecular formula is C13H20O3. The molecule has 0 aromatic rings. The molecular weight excluding hydrogens is 204 g/mol. The molecule has 0 aromatic carbocycles. The van der Waals surface area contributed by atoms with Crippen molar-refractivity contribution in [2.24, 2.45) is 29.6 Å². The first-order chi connectivity index (χ1) is 7.63. The highest BCUT2D eigenvalue weighted by Crippen LogP contribution is 2.44. The number of aliphatic hydroxyl groups excluding tert-OH is 1. The van der Waals surface area contributed by atoms with E-state index in [0.29, 0.717) is 11.8 Å². The number of hydrogen-bond donors (Lipinski definition) is 2. The summed E-state index contributed by atoms with van der Waals surface area (Å²) in [5, 5.41) is 18.5. The van der Waals surface area contributed by atoms with Crippen LogP contribution in [0.1, 0.15) is 26.2 Å². The summed E-state index contributed by atoms with van der Waals surface area (Å²) in [7, 11) is 0. The highest BCUT2D eigenvalue weighted by Gasteiger charge is 2.41. The summed E-state index contributed by atoms with van der Waals surface area (Å²) in [6.45, 7) is 2.23. The molecule has 1 saturated carbocycles. The van der Waals surface area contributed by atoms with Crippen LogP contribution in [0.2, 0.25) is 0 Å². The fourth-order valence-corrected chi connectivity index (χ4v) is 3.39. The van der Waals surface area contributed by atoms with E-state index >= 15 is 0 Å². The number of allylic oxidation sites excluding steroid dienone is 2. The minimum Gasteiger partial charge on any atom is -0.481 e. The van der Waals surface area contributed by atoms with E-state index in [1.54, 1.807) is 0 Å². The van der Waals surface area contributed by atoms with Gasteiger partial charge < -0.3 is 10.2 Å². The van der Waals surface area contributed by atoms with Crippen LogP contribution in [0, 0.1) is 29.6 Å². The third-order valence-corrected chi connectivity index (χ3v) is 4.30. The summed E-state index contributed by atoms with van der Waals surface area (Å²) in [4.78, 5) is 11.3. The van der Waals surface area contributed by atoms with Crippen LogP contribution in [-0.4, -0.2) is 22.8 Å². The van der Waals surface area contributed by atoms with E-state index in [2.05, 4.69) is 6.08 Å². The van der Waals surface area contributed by atoms with Crippen molar-refractivity contribution in [3.63, 3.8) is 0 Å². The molecule has 0 amide bonds. The van der Waals surface area contributed by atoms with Crippen molar-refractivity contribution in [1.82, 2.24) is 0 Å². The zero-order valence-corrected chi connectivity index (χ0v) is 9.67. The van der Waals surface area contributed by atoms with Crippen molar-refractivity contribution in [3.05, 3.63) is 12.2 Å². The number of hydrogen-bond acceptors (Lipinski definition) is 2. The molecule has 0 saturated heterocycles. The number of rotatable bonds is 2. The first-order valence-corrected chi connectivity index (χ1v) is 6.15. The summed E-state index contributed by atoms with van der Waals surface area (Å²) in [6, 6.07) is 0. The molecule has 2 aliphatic carbocycles. The fourth-order valence-electron chi connectivity index (χ4n) is 3.39. The summed E-state index contributed by atoms with van der Waals surface area (Å²) in [6.07, 6.45) is 7.09. The average Bonchev–Trinajstić information content (AvgIpc) is 2.27. The molecule has 16 heavy (non-hydrogen) atoms. The van der Waals surface area contributed by atoms with Gasteiger partial charge in [-0.05, 0) is 42.9 Å². The molecule has 90 valence electrons. The van der Waals surface area contributed by atoms with Crippen molar-refractivity contribution in [2.75, 3.05) is 6.61 Å². The fraction of sp³-hybridized carbons (Fsp3) is 0.769. The molecule has 3 nitrogen and oxygen atoms in total. The van der Waals surface area contributed by atoms with Gasteiger partial charge in [-0.3, -0.25) is 4.79 Å². The van der Waals surface area contributed by atoms with Gasteiger partial charge in [-0.15, -0.1) is 0 Å². The average molecular weight is 224 g/mol. The largest absolute Gasteiger partial charge is 0.481 e. The van der Waals surface area contributed by atoms with Gasteiger partial charge in [0.25, 0.3) is 0 Å². The lowest BCUT2D eigenvalue weighted by atomic mass is 9.63. The van der Waals surface area contributed by atoms with E-state index < -0.39 is 5.97 Å². The lowest BCUT2D eigenvalue weighted by Gasteiger charge is -2.41. The Bertz CT molecular complexity index is 298. The van der Waals surface area contributed by atoms with Crippen LogP contribution in [-0.2, 0) is 4.79 Å². The number of fused-ring (bicyclic) bond motifs is 1. The van der Waals surface area contributed by atoms with Crippen molar-refractivity contribution in [3.8, 4) is 0 Å². The van der Waals surface area contributed by atoms with Gasteiger partial charge in [-0.25, -0.2) is 0 Å². The zero-order chi connectivity index (χ0) is 11.7. The molecule has 4 unspecified atom stereocenters. The van der Waals surface area contributed by atoms with E-state index in [1.807, 2.05) is 13.0 Å². The van der Waals surface area contributed by atoms with Gasteiger partial charge >= 0.3 is 5.97 Å². The molecule has 0 aliphatic heterocycles.